The van der Waals surface area contributed by atoms with Crippen molar-refractivity contribution >= 4 is 5.52 Å². The molecule has 1 fully saturated rings. The number of piperazine rings is 1. The molecule has 0 aliphatic carbocycles. The van der Waals surface area contributed by atoms with Crippen LogP contribution in [0.4, 0.5) is 0 Å². The van der Waals surface area contributed by atoms with Crippen LogP contribution in [0.15, 0.2) is 65.4 Å². The molecule has 1 atom stereocenters. The van der Waals surface area contributed by atoms with Crippen LogP contribution in [0, 0.1) is 6.92 Å². The van der Waals surface area contributed by atoms with Gasteiger partial charge in [0.1, 0.15) is 11.5 Å². The number of hydrogen-bond acceptors (Lipinski definition) is 5. The number of pyridine rings is 1. The molecule has 4 heterocycles. The van der Waals surface area contributed by atoms with Crippen molar-refractivity contribution in [1.82, 2.24) is 24.6 Å². The van der Waals surface area contributed by atoms with Crippen molar-refractivity contribution in [2.75, 3.05) is 26.7 Å². The minimum atomic E-state index is 0.210. The van der Waals surface area contributed by atoms with Crippen molar-refractivity contribution in [3.05, 3.63) is 78.0 Å². The molecule has 6 nitrogen and oxygen atoms in total. The molecule has 1 aliphatic rings. The first kappa shape index (κ1) is 18.1. The Morgan fingerprint density at radius 2 is 1.86 bits per heavy atom. The summed E-state index contributed by atoms with van der Waals surface area (Å²) >= 11 is 0. The highest BCUT2D eigenvalue weighted by atomic mass is 16.3. The van der Waals surface area contributed by atoms with Gasteiger partial charge >= 0.3 is 0 Å². The van der Waals surface area contributed by atoms with E-state index in [1.54, 1.807) is 6.26 Å². The molecule has 0 spiro atoms. The molecule has 3 aromatic heterocycles. The third-order valence-corrected chi connectivity index (χ3v) is 5.83. The fourth-order valence-electron chi connectivity index (χ4n) is 4.06. The summed E-state index contributed by atoms with van der Waals surface area (Å²) in [5.74, 6) is 1.00. The summed E-state index contributed by atoms with van der Waals surface area (Å²) in [7, 11) is 2.17. The van der Waals surface area contributed by atoms with Crippen LogP contribution >= 0.6 is 0 Å². The van der Waals surface area contributed by atoms with E-state index in [-0.39, 0.29) is 6.04 Å². The maximum atomic E-state index is 5.53. The quantitative estimate of drug-likeness (QED) is 0.533. The number of aromatic nitrogens is 3. The lowest BCUT2D eigenvalue weighted by Crippen LogP contribution is -2.46. The van der Waals surface area contributed by atoms with Crippen molar-refractivity contribution in [2.24, 2.45) is 0 Å². The minimum Gasteiger partial charge on any atom is -0.468 e. The Labute approximate surface area is 170 Å². The van der Waals surface area contributed by atoms with Crippen molar-refractivity contribution in [1.29, 1.82) is 0 Å². The molecule has 29 heavy (non-hydrogen) atoms. The van der Waals surface area contributed by atoms with E-state index in [2.05, 4.69) is 76.7 Å². The topological polar surface area (TPSA) is 49.8 Å². The average Bonchev–Trinajstić information content (AvgIpc) is 3.39. The van der Waals surface area contributed by atoms with E-state index >= 15 is 0 Å². The number of nitrogens with zero attached hydrogens (tertiary/aromatic N) is 5. The molecule has 0 radical (unpaired) electrons. The highest BCUT2D eigenvalue weighted by Gasteiger charge is 2.29. The van der Waals surface area contributed by atoms with Crippen LogP contribution in [0.2, 0.25) is 0 Å². The number of benzene rings is 1. The number of hydrogen-bond donors (Lipinski definition) is 0. The SMILES string of the molecule is Cc1ccc(-c2ccc3c([C@@H]4CN(Cc5ccco5)CCN4C)nnn3c2)cc1. The van der Waals surface area contributed by atoms with Crippen LogP contribution in [0.25, 0.3) is 16.6 Å². The smallest absolute Gasteiger partial charge is 0.117 e. The van der Waals surface area contributed by atoms with E-state index in [1.165, 1.54) is 11.1 Å². The van der Waals surface area contributed by atoms with Gasteiger partial charge in [0.05, 0.1) is 24.4 Å². The van der Waals surface area contributed by atoms with Gasteiger partial charge in [0.2, 0.25) is 0 Å². The number of furan rings is 1. The predicted molar refractivity (Wildman–Crippen MR) is 113 cm³/mol. The van der Waals surface area contributed by atoms with Gasteiger partial charge < -0.3 is 4.42 Å². The number of fused-ring (bicyclic) bond motifs is 1. The Morgan fingerprint density at radius 1 is 1.03 bits per heavy atom. The second-order valence-electron chi connectivity index (χ2n) is 7.90. The molecule has 0 amide bonds. The molecular formula is C23H25N5O. The Bertz CT molecular complexity index is 1100. The van der Waals surface area contributed by atoms with E-state index in [9.17, 15) is 0 Å². The predicted octanol–water partition coefficient (Wildman–Crippen LogP) is 3.79. The van der Waals surface area contributed by atoms with Gasteiger partial charge in [0.15, 0.2) is 0 Å². The van der Waals surface area contributed by atoms with Crippen LogP contribution in [0.5, 0.6) is 0 Å². The van der Waals surface area contributed by atoms with Gasteiger partial charge in [-0.3, -0.25) is 9.80 Å². The maximum Gasteiger partial charge on any atom is 0.117 e. The molecule has 1 saturated heterocycles. The summed E-state index contributed by atoms with van der Waals surface area (Å²) in [5.41, 5.74) is 5.70. The number of rotatable bonds is 4. The number of aryl methyl sites for hydroxylation is 1. The fourth-order valence-corrected chi connectivity index (χ4v) is 4.06. The first-order valence-corrected chi connectivity index (χ1v) is 10.0. The summed E-state index contributed by atoms with van der Waals surface area (Å²) in [6, 6.07) is 17.1. The molecule has 0 unspecified atom stereocenters. The summed E-state index contributed by atoms with van der Waals surface area (Å²) in [6.45, 7) is 5.85. The van der Waals surface area contributed by atoms with Gasteiger partial charge in [0, 0.05) is 31.4 Å². The molecule has 4 aromatic rings. The number of likely N-dealkylation sites (N-methyl/N-ethyl adjacent to an activating group) is 1. The second-order valence-corrected chi connectivity index (χ2v) is 7.90. The van der Waals surface area contributed by atoms with Gasteiger partial charge in [-0.2, -0.15) is 0 Å². The Kier molecular flexibility index (Phi) is 4.66. The lowest BCUT2D eigenvalue weighted by molar-refractivity contribution is 0.0840. The Morgan fingerprint density at radius 3 is 2.66 bits per heavy atom. The van der Waals surface area contributed by atoms with E-state index < -0.39 is 0 Å². The van der Waals surface area contributed by atoms with Crippen LogP contribution < -0.4 is 0 Å². The summed E-state index contributed by atoms with van der Waals surface area (Å²) in [5, 5.41) is 9.01. The highest BCUT2D eigenvalue weighted by molar-refractivity contribution is 5.66. The zero-order valence-electron chi connectivity index (χ0n) is 16.8. The average molecular weight is 387 g/mol. The zero-order chi connectivity index (χ0) is 19.8. The second kappa shape index (κ2) is 7.46. The van der Waals surface area contributed by atoms with Crippen LogP contribution in [-0.2, 0) is 6.54 Å². The van der Waals surface area contributed by atoms with Crippen molar-refractivity contribution < 1.29 is 4.42 Å². The summed E-state index contributed by atoms with van der Waals surface area (Å²) in [4.78, 5) is 4.80. The lowest BCUT2D eigenvalue weighted by Gasteiger charge is -2.38. The molecule has 0 saturated carbocycles. The standard InChI is InChI=1S/C23H25N5O/c1-17-5-7-18(8-6-17)19-9-10-21-23(24-25-28(21)14-19)22-16-27(12-11-26(22)2)15-20-4-3-13-29-20/h3-10,13-14,22H,11-12,15-16H2,1-2H3/t22-/m0/s1. The van der Waals surface area contributed by atoms with Crippen LogP contribution in [0.3, 0.4) is 0 Å². The molecule has 1 aromatic carbocycles. The minimum absolute atomic E-state index is 0.210. The Balaban J connectivity index is 1.42. The summed E-state index contributed by atoms with van der Waals surface area (Å²) < 4.78 is 7.44. The third kappa shape index (κ3) is 3.57. The molecule has 1 aliphatic heterocycles. The Hall–Kier alpha value is -2.96. The van der Waals surface area contributed by atoms with Gasteiger partial charge in [0.25, 0.3) is 0 Å². The maximum absolute atomic E-state index is 5.53. The third-order valence-electron chi connectivity index (χ3n) is 5.83. The lowest BCUT2D eigenvalue weighted by atomic mass is 10.0. The zero-order valence-corrected chi connectivity index (χ0v) is 16.8. The van der Waals surface area contributed by atoms with Crippen molar-refractivity contribution in [3.63, 3.8) is 0 Å². The molecule has 0 bridgehead atoms. The monoisotopic (exact) mass is 387 g/mol. The van der Waals surface area contributed by atoms with Gasteiger partial charge in [-0.25, -0.2) is 4.52 Å². The summed E-state index contributed by atoms with van der Waals surface area (Å²) in [6.07, 6.45) is 3.81. The molecule has 0 N–H and O–H groups in total. The molecule has 6 heteroatoms. The largest absolute Gasteiger partial charge is 0.468 e. The van der Waals surface area contributed by atoms with Crippen LogP contribution in [-0.4, -0.2) is 51.3 Å². The first-order valence-electron chi connectivity index (χ1n) is 10.0. The molecule has 5 rings (SSSR count). The molecule has 148 valence electrons. The van der Waals surface area contributed by atoms with E-state index in [0.29, 0.717) is 0 Å². The fraction of sp³-hybridized carbons (Fsp3) is 0.304. The van der Waals surface area contributed by atoms with E-state index in [0.717, 1.165) is 48.7 Å². The van der Waals surface area contributed by atoms with Gasteiger partial charge in [-0.15, -0.1) is 5.10 Å². The normalized spacial score (nSPS) is 18.5. The van der Waals surface area contributed by atoms with Crippen LogP contribution in [0.1, 0.15) is 23.1 Å². The highest BCUT2D eigenvalue weighted by Crippen LogP contribution is 2.28. The van der Waals surface area contributed by atoms with Crippen molar-refractivity contribution in [3.8, 4) is 11.1 Å². The molecular weight excluding hydrogens is 362 g/mol. The van der Waals surface area contributed by atoms with Gasteiger partial charge in [-0.1, -0.05) is 41.1 Å². The van der Waals surface area contributed by atoms with Gasteiger partial charge in [-0.05, 0) is 37.7 Å². The van der Waals surface area contributed by atoms with E-state index in [4.69, 9.17) is 4.42 Å². The van der Waals surface area contributed by atoms with Crippen molar-refractivity contribution in [2.45, 2.75) is 19.5 Å². The van der Waals surface area contributed by atoms with E-state index in [1.807, 2.05) is 16.6 Å². The first-order chi connectivity index (χ1) is 14.2.